The molecule has 0 aromatic carbocycles. The number of hydrogen-bond donors (Lipinski definition) is 1. The van der Waals surface area contributed by atoms with E-state index in [2.05, 4.69) is 35.5 Å². The molecule has 0 aliphatic carbocycles. The molecule has 0 radical (unpaired) electrons. The molecule has 1 aliphatic rings. The third-order valence-corrected chi connectivity index (χ3v) is 4.33. The predicted octanol–water partition coefficient (Wildman–Crippen LogP) is 2.29. The summed E-state index contributed by atoms with van der Waals surface area (Å²) >= 11 is 0. The first-order valence-corrected chi connectivity index (χ1v) is 8.73. The number of aliphatic imine (C=N–C) groups is 1. The van der Waals surface area contributed by atoms with E-state index in [0.29, 0.717) is 0 Å². The first-order valence-electron chi connectivity index (χ1n) is 8.73. The number of nitrogens with zero attached hydrogens (tertiary/aromatic N) is 4. The molecule has 0 bridgehead atoms. The van der Waals surface area contributed by atoms with Crippen molar-refractivity contribution in [2.45, 2.75) is 32.6 Å². The molecule has 138 valence electrons. The Kier molecular flexibility index (Phi) is 10.3. The highest BCUT2D eigenvalue weighted by Gasteiger charge is 2.15. The minimum atomic E-state index is 0. The summed E-state index contributed by atoms with van der Waals surface area (Å²) < 4.78 is 7.27. The van der Waals surface area contributed by atoms with E-state index in [0.717, 1.165) is 51.1 Å². The second kappa shape index (κ2) is 11.7. The molecule has 1 saturated heterocycles. The van der Waals surface area contributed by atoms with Gasteiger partial charge < -0.3 is 15.0 Å². The molecule has 0 spiro atoms. The summed E-state index contributed by atoms with van der Waals surface area (Å²) in [5, 5.41) is 7.59. The monoisotopic (exact) mass is 449 g/mol. The summed E-state index contributed by atoms with van der Waals surface area (Å²) in [6, 6.07) is 0. The van der Waals surface area contributed by atoms with Crippen LogP contribution in [0.2, 0.25) is 0 Å². The van der Waals surface area contributed by atoms with Crippen LogP contribution in [0.3, 0.4) is 0 Å². The zero-order chi connectivity index (χ0) is 16.5. The summed E-state index contributed by atoms with van der Waals surface area (Å²) in [6.45, 7) is 6.69. The average molecular weight is 449 g/mol. The number of aromatic nitrogens is 2. The molecule has 0 atom stereocenters. The lowest BCUT2D eigenvalue weighted by Gasteiger charge is -2.26. The molecule has 0 saturated carbocycles. The molecular weight excluding hydrogens is 417 g/mol. The van der Waals surface area contributed by atoms with Crippen LogP contribution in [0.1, 0.15) is 31.7 Å². The number of guanidine groups is 1. The number of nitrogens with one attached hydrogen (secondary N) is 1. The topological polar surface area (TPSA) is 54.7 Å². The van der Waals surface area contributed by atoms with E-state index < -0.39 is 0 Å². The lowest BCUT2D eigenvalue weighted by Crippen LogP contribution is -2.40. The van der Waals surface area contributed by atoms with Gasteiger partial charge in [0.15, 0.2) is 5.96 Å². The Bertz CT molecular complexity index is 485. The van der Waals surface area contributed by atoms with Crippen LogP contribution in [0.25, 0.3) is 0 Å². The molecule has 1 fully saturated rings. The first kappa shape index (κ1) is 21.2. The molecule has 1 aliphatic heterocycles. The molecule has 1 aromatic rings. The van der Waals surface area contributed by atoms with Crippen LogP contribution in [-0.4, -0.2) is 60.5 Å². The van der Waals surface area contributed by atoms with Crippen molar-refractivity contribution >= 4 is 29.9 Å². The minimum Gasteiger partial charge on any atom is -0.381 e. The van der Waals surface area contributed by atoms with Crippen LogP contribution >= 0.6 is 24.0 Å². The van der Waals surface area contributed by atoms with Gasteiger partial charge in [-0.3, -0.25) is 9.67 Å². The Morgan fingerprint density at radius 2 is 2.21 bits per heavy atom. The highest BCUT2D eigenvalue weighted by molar-refractivity contribution is 14.0. The van der Waals surface area contributed by atoms with E-state index in [1.54, 1.807) is 0 Å². The summed E-state index contributed by atoms with van der Waals surface area (Å²) in [5.74, 6) is 1.80. The van der Waals surface area contributed by atoms with Crippen molar-refractivity contribution in [3.05, 3.63) is 18.0 Å². The van der Waals surface area contributed by atoms with Gasteiger partial charge in [0.25, 0.3) is 0 Å². The molecule has 1 N–H and O–H groups in total. The number of halogens is 1. The van der Waals surface area contributed by atoms with Gasteiger partial charge in [-0.25, -0.2) is 0 Å². The van der Waals surface area contributed by atoms with Gasteiger partial charge in [-0.15, -0.1) is 24.0 Å². The summed E-state index contributed by atoms with van der Waals surface area (Å²) in [4.78, 5) is 7.00. The van der Waals surface area contributed by atoms with Crippen LogP contribution in [0.4, 0.5) is 0 Å². The Hall–Kier alpha value is -0.830. The normalized spacial score (nSPS) is 15.9. The van der Waals surface area contributed by atoms with E-state index in [4.69, 9.17) is 9.73 Å². The molecule has 2 heterocycles. The largest absolute Gasteiger partial charge is 0.381 e. The van der Waals surface area contributed by atoms with Gasteiger partial charge >= 0.3 is 0 Å². The molecule has 2 rings (SSSR count). The quantitative estimate of drug-likeness (QED) is 0.395. The van der Waals surface area contributed by atoms with Crippen LogP contribution < -0.4 is 5.32 Å². The standard InChI is InChI=1S/C17H31N5O.HI/c1-4-18-17(19-9-5-16-13-20-22(3)14-16)21(2)10-6-15-7-11-23-12-8-15;/h13-15H,4-12H2,1-3H3,(H,18,19);1H. The zero-order valence-electron chi connectivity index (χ0n) is 15.2. The van der Waals surface area contributed by atoms with Gasteiger partial charge in [0, 0.05) is 53.1 Å². The lowest BCUT2D eigenvalue weighted by molar-refractivity contribution is 0.0625. The maximum atomic E-state index is 5.43. The second-order valence-corrected chi connectivity index (χ2v) is 6.27. The molecule has 0 amide bonds. The molecule has 0 unspecified atom stereocenters. The SMILES string of the molecule is CCNC(=NCCc1cnn(C)c1)N(C)CCC1CCOCC1.I. The summed E-state index contributed by atoms with van der Waals surface area (Å²) in [7, 11) is 4.08. The van der Waals surface area contributed by atoms with Crippen molar-refractivity contribution in [1.29, 1.82) is 0 Å². The second-order valence-electron chi connectivity index (χ2n) is 6.27. The van der Waals surface area contributed by atoms with Crippen LogP contribution in [-0.2, 0) is 18.2 Å². The minimum absolute atomic E-state index is 0. The van der Waals surface area contributed by atoms with Crippen molar-refractivity contribution in [3.8, 4) is 0 Å². The van der Waals surface area contributed by atoms with Gasteiger partial charge in [0.1, 0.15) is 0 Å². The van der Waals surface area contributed by atoms with Gasteiger partial charge in [-0.2, -0.15) is 5.10 Å². The van der Waals surface area contributed by atoms with Crippen molar-refractivity contribution in [3.63, 3.8) is 0 Å². The Labute approximate surface area is 163 Å². The molecule has 6 nitrogen and oxygen atoms in total. The highest BCUT2D eigenvalue weighted by Crippen LogP contribution is 2.18. The third-order valence-electron chi connectivity index (χ3n) is 4.33. The fourth-order valence-electron chi connectivity index (χ4n) is 2.88. The van der Waals surface area contributed by atoms with E-state index in [-0.39, 0.29) is 24.0 Å². The maximum absolute atomic E-state index is 5.43. The molecule has 24 heavy (non-hydrogen) atoms. The van der Waals surface area contributed by atoms with Gasteiger partial charge in [-0.1, -0.05) is 0 Å². The smallest absolute Gasteiger partial charge is 0.193 e. The zero-order valence-corrected chi connectivity index (χ0v) is 17.5. The maximum Gasteiger partial charge on any atom is 0.193 e. The predicted molar refractivity (Wildman–Crippen MR) is 109 cm³/mol. The molecule has 7 heteroatoms. The van der Waals surface area contributed by atoms with Crippen molar-refractivity contribution in [1.82, 2.24) is 20.0 Å². The fraction of sp³-hybridized carbons (Fsp3) is 0.765. The van der Waals surface area contributed by atoms with E-state index in [1.165, 1.54) is 24.8 Å². The Balaban J connectivity index is 0.00000288. The van der Waals surface area contributed by atoms with Gasteiger partial charge in [-0.05, 0) is 44.1 Å². The van der Waals surface area contributed by atoms with Crippen molar-refractivity contribution < 1.29 is 4.74 Å². The number of hydrogen-bond acceptors (Lipinski definition) is 3. The van der Waals surface area contributed by atoms with Crippen LogP contribution in [0.5, 0.6) is 0 Å². The summed E-state index contributed by atoms with van der Waals surface area (Å²) in [5.41, 5.74) is 1.23. The fourth-order valence-corrected chi connectivity index (χ4v) is 2.88. The van der Waals surface area contributed by atoms with Crippen molar-refractivity contribution in [2.75, 3.05) is 39.9 Å². The van der Waals surface area contributed by atoms with Crippen molar-refractivity contribution in [2.24, 2.45) is 18.0 Å². The Morgan fingerprint density at radius 3 is 2.83 bits per heavy atom. The average Bonchev–Trinajstić information content (AvgIpc) is 2.98. The van der Waals surface area contributed by atoms with Crippen LogP contribution in [0.15, 0.2) is 17.4 Å². The summed E-state index contributed by atoms with van der Waals surface area (Å²) in [6.07, 6.45) is 8.50. The highest BCUT2D eigenvalue weighted by atomic mass is 127. The lowest BCUT2D eigenvalue weighted by atomic mass is 9.96. The van der Waals surface area contributed by atoms with Gasteiger partial charge in [0.2, 0.25) is 0 Å². The van der Waals surface area contributed by atoms with E-state index in [1.807, 2.05) is 17.9 Å². The van der Waals surface area contributed by atoms with Gasteiger partial charge in [0.05, 0.1) is 6.20 Å². The number of rotatable bonds is 7. The number of ether oxygens (including phenoxy) is 1. The first-order chi connectivity index (χ1) is 11.2. The Morgan fingerprint density at radius 1 is 1.46 bits per heavy atom. The number of aryl methyl sites for hydroxylation is 1. The molecular formula is C17H32IN5O. The van der Waals surface area contributed by atoms with E-state index >= 15 is 0 Å². The van der Waals surface area contributed by atoms with Crippen LogP contribution in [0, 0.1) is 5.92 Å². The van der Waals surface area contributed by atoms with E-state index in [9.17, 15) is 0 Å². The molecule has 1 aromatic heterocycles. The third kappa shape index (κ3) is 7.38.